The number of carbonyl (C=O) groups excluding carboxylic acids is 2. The van der Waals surface area contributed by atoms with Gasteiger partial charge in [0.05, 0.1) is 19.7 Å². The molecule has 2 unspecified atom stereocenters. The van der Waals surface area contributed by atoms with E-state index in [1.165, 1.54) is 32.1 Å². The van der Waals surface area contributed by atoms with Crippen LogP contribution in [0.5, 0.6) is 0 Å². The van der Waals surface area contributed by atoms with Crippen molar-refractivity contribution in [1.29, 1.82) is 0 Å². The topological polar surface area (TPSA) is 114 Å². The minimum Gasteiger partial charge on any atom is -0.497 e. The number of hydrogen-bond donors (Lipinski definition) is 4. The van der Waals surface area contributed by atoms with Gasteiger partial charge in [0.2, 0.25) is 0 Å². The Morgan fingerprint density at radius 1 is 1.14 bits per heavy atom. The van der Waals surface area contributed by atoms with E-state index in [9.17, 15) is 14.7 Å². The predicted octanol–water partition coefficient (Wildman–Crippen LogP) is 4.68. The standard InChI is InChI=1S/C28H41N3O4/c1-27(2,3)23-17-22(35-4)21(16-15-19-11-7-5-8-12-19)25(28(23,34)24(32)18-29)31-26(33)30-20-13-9-6-10-14-20/h6,9-10,13-14,17,19,25,34H,5,7-8,11-12,15-16,18,29H2,1-4H3,(H2,30,31,33). The van der Waals surface area contributed by atoms with Gasteiger partial charge in [-0.1, -0.05) is 71.1 Å². The quantitative estimate of drug-likeness (QED) is 0.429. The average Bonchev–Trinajstić information content (AvgIpc) is 2.84. The Hall–Kier alpha value is -2.64. The summed E-state index contributed by atoms with van der Waals surface area (Å²) in [5.41, 5.74) is 5.05. The molecule has 192 valence electrons. The molecule has 2 aliphatic carbocycles. The van der Waals surface area contributed by atoms with Crippen LogP contribution >= 0.6 is 0 Å². The van der Waals surface area contributed by atoms with Gasteiger partial charge >= 0.3 is 6.03 Å². The minimum absolute atomic E-state index is 0.347. The van der Waals surface area contributed by atoms with E-state index in [1.54, 1.807) is 25.3 Å². The first-order valence-electron chi connectivity index (χ1n) is 12.7. The van der Waals surface area contributed by atoms with E-state index in [-0.39, 0.29) is 6.54 Å². The highest BCUT2D eigenvalue weighted by Crippen LogP contribution is 2.45. The lowest BCUT2D eigenvalue weighted by molar-refractivity contribution is -0.135. The Bertz CT molecular complexity index is 958. The van der Waals surface area contributed by atoms with Crippen molar-refractivity contribution in [3.63, 3.8) is 0 Å². The molecule has 35 heavy (non-hydrogen) atoms. The van der Waals surface area contributed by atoms with Gasteiger partial charge in [0.25, 0.3) is 0 Å². The van der Waals surface area contributed by atoms with Crippen LogP contribution in [0.15, 0.2) is 53.3 Å². The number of hydrogen-bond acceptors (Lipinski definition) is 5. The number of methoxy groups -OCH3 is 1. The van der Waals surface area contributed by atoms with Gasteiger partial charge in [0, 0.05) is 5.69 Å². The van der Waals surface area contributed by atoms with E-state index in [2.05, 4.69) is 10.6 Å². The number of nitrogens with one attached hydrogen (secondary N) is 2. The van der Waals surface area contributed by atoms with Crippen molar-refractivity contribution < 1.29 is 19.4 Å². The number of rotatable bonds is 8. The van der Waals surface area contributed by atoms with Gasteiger partial charge in [-0.3, -0.25) is 4.79 Å². The number of aliphatic hydroxyl groups is 1. The lowest BCUT2D eigenvalue weighted by atomic mass is 9.65. The van der Waals surface area contributed by atoms with Gasteiger partial charge in [-0.25, -0.2) is 4.79 Å². The van der Waals surface area contributed by atoms with Gasteiger partial charge in [0.1, 0.15) is 5.76 Å². The molecule has 1 saturated carbocycles. The number of Topliss-reactive ketones (excluding diaryl/α,β-unsaturated/α-hetero) is 1. The van der Waals surface area contributed by atoms with Crippen LogP contribution in [0.25, 0.3) is 0 Å². The molecule has 0 heterocycles. The predicted molar refractivity (Wildman–Crippen MR) is 139 cm³/mol. The summed E-state index contributed by atoms with van der Waals surface area (Å²) in [6.07, 6.45) is 9.38. The maximum Gasteiger partial charge on any atom is 0.319 e. The van der Waals surface area contributed by atoms with Gasteiger partial charge in [0.15, 0.2) is 11.4 Å². The summed E-state index contributed by atoms with van der Waals surface area (Å²) in [5.74, 6) is 0.638. The van der Waals surface area contributed by atoms with Crippen molar-refractivity contribution in [3.05, 3.63) is 53.3 Å². The molecule has 3 rings (SSSR count). The van der Waals surface area contributed by atoms with Gasteiger partial charge in [-0.05, 0) is 53.5 Å². The molecule has 0 bridgehead atoms. The van der Waals surface area contributed by atoms with Gasteiger partial charge in [-0.2, -0.15) is 0 Å². The maximum absolute atomic E-state index is 13.3. The van der Waals surface area contributed by atoms with Crippen molar-refractivity contribution in [1.82, 2.24) is 5.32 Å². The Morgan fingerprint density at radius 2 is 1.80 bits per heavy atom. The molecule has 7 nitrogen and oxygen atoms in total. The van der Waals surface area contributed by atoms with Crippen LogP contribution in [-0.4, -0.2) is 42.2 Å². The van der Waals surface area contributed by atoms with Crippen LogP contribution < -0.4 is 16.4 Å². The molecule has 2 amide bonds. The van der Waals surface area contributed by atoms with E-state index >= 15 is 0 Å². The highest BCUT2D eigenvalue weighted by Gasteiger charge is 2.54. The van der Waals surface area contributed by atoms with E-state index in [4.69, 9.17) is 10.5 Å². The SMILES string of the molecule is COC1=C(CCC2CCCCC2)C(NC(=O)Nc2ccccc2)C(O)(C(=O)CN)C(C(C)(C)C)=C1. The maximum atomic E-state index is 13.3. The number of ketones is 1. The molecule has 0 aliphatic heterocycles. The van der Waals surface area contributed by atoms with Gasteiger partial charge in [-0.15, -0.1) is 0 Å². The minimum atomic E-state index is -1.98. The molecule has 0 radical (unpaired) electrons. The van der Waals surface area contributed by atoms with Crippen molar-refractivity contribution in [2.45, 2.75) is 77.4 Å². The van der Waals surface area contributed by atoms with Crippen LogP contribution in [0.3, 0.4) is 0 Å². The Labute approximate surface area is 209 Å². The Morgan fingerprint density at radius 3 is 2.37 bits per heavy atom. The second-order valence-corrected chi connectivity index (χ2v) is 10.7. The van der Waals surface area contributed by atoms with Crippen LogP contribution in [0.2, 0.25) is 0 Å². The number of nitrogens with two attached hydrogens (primary N) is 1. The van der Waals surface area contributed by atoms with Crippen LogP contribution in [0, 0.1) is 11.3 Å². The Kier molecular flexibility index (Phi) is 8.78. The van der Waals surface area contributed by atoms with Crippen molar-refractivity contribution in [3.8, 4) is 0 Å². The molecule has 7 heteroatoms. The lowest BCUT2D eigenvalue weighted by Gasteiger charge is -2.46. The summed E-state index contributed by atoms with van der Waals surface area (Å²) in [5, 5.41) is 17.8. The number of carbonyl (C=O) groups is 2. The normalized spacial score (nSPS) is 23.5. The number of para-hydroxylation sites is 1. The molecule has 1 aromatic rings. The lowest BCUT2D eigenvalue weighted by Crippen LogP contribution is -2.64. The number of urea groups is 1. The van der Waals surface area contributed by atoms with Crippen LogP contribution in [0.1, 0.15) is 65.7 Å². The first-order valence-corrected chi connectivity index (χ1v) is 12.7. The number of anilines is 1. The average molecular weight is 484 g/mol. The van der Waals surface area contributed by atoms with Crippen molar-refractivity contribution in [2.24, 2.45) is 17.1 Å². The summed E-state index contributed by atoms with van der Waals surface area (Å²) in [4.78, 5) is 26.4. The second-order valence-electron chi connectivity index (χ2n) is 10.7. The first kappa shape index (κ1) is 27.0. The zero-order valence-corrected chi connectivity index (χ0v) is 21.5. The molecule has 2 atom stereocenters. The van der Waals surface area contributed by atoms with E-state index in [0.717, 1.165) is 12.0 Å². The van der Waals surface area contributed by atoms with E-state index < -0.39 is 28.9 Å². The number of benzene rings is 1. The molecule has 5 N–H and O–H groups in total. The molecular weight excluding hydrogens is 442 g/mol. The zero-order chi connectivity index (χ0) is 25.6. The summed E-state index contributed by atoms with van der Waals surface area (Å²) in [6.45, 7) is 5.43. The van der Waals surface area contributed by atoms with Gasteiger partial charge < -0.3 is 26.2 Å². The molecule has 0 spiro atoms. The fraction of sp³-hybridized carbons (Fsp3) is 0.571. The summed E-state index contributed by atoms with van der Waals surface area (Å²) in [7, 11) is 1.59. The van der Waals surface area contributed by atoms with E-state index in [1.807, 2.05) is 39.0 Å². The third kappa shape index (κ3) is 6.14. The smallest absolute Gasteiger partial charge is 0.319 e. The summed E-state index contributed by atoms with van der Waals surface area (Å²) >= 11 is 0. The largest absolute Gasteiger partial charge is 0.497 e. The van der Waals surface area contributed by atoms with Crippen LogP contribution in [-0.2, 0) is 9.53 Å². The Balaban J connectivity index is 2.02. The molecule has 0 aromatic heterocycles. The third-order valence-electron chi connectivity index (χ3n) is 7.26. The highest BCUT2D eigenvalue weighted by atomic mass is 16.5. The summed E-state index contributed by atoms with van der Waals surface area (Å²) in [6, 6.07) is 7.55. The molecule has 2 aliphatic rings. The molecule has 1 aromatic carbocycles. The fourth-order valence-corrected chi connectivity index (χ4v) is 5.44. The fourth-order valence-electron chi connectivity index (χ4n) is 5.44. The molecular formula is C28H41N3O4. The first-order chi connectivity index (χ1) is 16.6. The van der Waals surface area contributed by atoms with Crippen molar-refractivity contribution in [2.75, 3.05) is 19.0 Å². The number of ether oxygens (including phenoxy) is 1. The third-order valence-corrected chi connectivity index (χ3v) is 7.26. The van der Waals surface area contributed by atoms with E-state index in [0.29, 0.717) is 29.4 Å². The number of allylic oxidation sites excluding steroid dienone is 1. The number of amides is 2. The van der Waals surface area contributed by atoms with Crippen LogP contribution in [0.4, 0.5) is 10.5 Å². The zero-order valence-electron chi connectivity index (χ0n) is 21.5. The monoisotopic (exact) mass is 483 g/mol. The summed E-state index contributed by atoms with van der Waals surface area (Å²) < 4.78 is 5.78. The van der Waals surface area contributed by atoms with Crippen molar-refractivity contribution >= 4 is 17.5 Å². The molecule has 0 saturated heterocycles. The second kappa shape index (κ2) is 11.4. The highest BCUT2D eigenvalue weighted by molar-refractivity contribution is 5.96. The molecule has 1 fully saturated rings.